The Morgan fingerprint density at radius 3 is 2.44 bits per heavy atom. The van der Waals surface area contributed by atoms with Crippen molar-refractivity contribution in [3.63, 3.8) is 0 Å². The number of carbonyl (C=O) groups excluding carboxylic acids is 2. The van der Waals surface area contributed by atoms with Gasteiger partial charge in [0.2, 0.25) is 0 Å². The molecule has 1 aliphatic heterocycles. The molecule has 1 unspecified atom stereocenters. The van der Waals surface area contributed by atoms with E-state index in [0.717, 1.165) is 16.8 Å². The minimum absolute atomic E-state index is 0.164. The number of ether oxygens (including phenoxy) is 2. The van der Waals surface area contributed by atoms with Gasteiger partial charge < -0.3 is 25.0 Å². The highest BCUT2D eigenvalue weighted by Gasteiger charge is 2.33. The molecule has 3 rings (SSSR count). The van der Waals surface area contributed by atoms with Crippen molar-refractivity contribution in [2.75, 3.05) is 32.7 Å². The molecule has 8 heteroatoms. The van der Waals surface area contributed by atoms with Gasteiger partial charge in [-0.25, -0.2) is 4.79 Å². The standard InChI is InChI=1S/C24H27N3O4S/c1-15-7-5-6-8-19(15)22(28)25-18-11-9-17(10-12-18)21-20(23(29)31-14-13-30-4)16(2)27(3)24(32)26-21/h5-12,21H,13-14H2,1-4H3,(H,25,28)(H,26,32). The van der Waals surface area contributed by atoms with E-state index in [4.69, 9.17) is 21.7 Å². The summed E-state index contributed by atoms with van der Waals surface area (Å²) in [5, 5.41) is 6.63. The van der Waals surface area contributed by atoms with Crippen molar-refractivity contribution in [3.05, 3.63) is 76.5 Å². The predicted octanol–water partition coefficient (Wildman–Crippen LogP) is 3.57. The van der Waals surface area contributed by atoms with Crippen molar-refractivity contribution in [2.24, 2.45) is 0 Å². The minimum Gasteiger partial charge on any atom is -0.460 e. The van der Waals surface area contributed by atoms with Gasteiger partial charge in [-0.15, -0.1) is 0 Å². The molecule has 0 spiro atoms. The molecule has 0 saturated carbocycles. The maximum absolute atomic E-state index is 12.8. The molecule has 168 valence electrons. The highest BCUT2D eigenvalue weighted by atomic mass is 32.1. The third kappa shape index (κ3) is 5.15. The van der Waals surface area contributed by atoms with Crippen LogP contribution in [0.2, 0.25) is 0 Å². The summed E-state index contributed by atoms with van der Waals surface area (Å²) in [7, 11) is 3.35. The second kappa shape index (κ2) is 10.4. The molecule has 0 fully saturated rings. The molecule has 0 bridgehead atoms. The maximum atomic E-state index is 12.8. The van der Waals surface area contributed by atoms with Crippen molar-refractivity contribution in [3.8, 4) is 0 Å². The lowest BCUT2D eigenvalue weighted by Gasteiger charge is -2.35. The number of methoxy groups -OCH3 is 1. The van der Waals surface area contributed by atoms with E-state index in [-0.39, 0.29) is 12.5 Å². The zero-order valence-corrected chi connectivity index (χ0v) is 19.4. The number of nitrogens with zero attached hydrogens (tertiary/aromatic N) is 1. The lowest BCUT2D eigenvalue weighted by atomic mass is 9.95. The smallest absolute Gasteiger partial charge is 0.338 e. The zero-order chi connectivity index (χ0) is 23.3. The second-order valence-electron chi connectivity index (χ2n) is 7.46. The molecule has 1 atom stereocenters. The molecule has 0 saturated heterocycles. The van der Waals surface area contributed by atoms with Crippen LogP contribution < -0.4 is 10.6 Å². The van der Waals surface area contributed by atoms with Gasteiger partial charge in [-0.05, 0) is 55.4 Å². The first-order valence-corrected chi connectivity index (χ1v) is 10.6. The summed E-state index contributed by atoms with van der Waals surface area (Å²) in [4.78, 5) is 27.1. The van der Waals surface area contributed by atoms with Crippen molar-refractivity contribution in [1.29, 1.82) is 0 Å². The van der Waals surface area contributed by atoms with Gasteiger partial charge in [0.1, 0.15) is 6.61 Å². The molecule has 2 aromatic carbocycles. The molecule has 1 heterocycles. The summed E-state index contributed by atoms with van der Waals surface area (Å²) in [5.74, 6) is -0.601. The molecule has 2 aromatic rings. The quantitative estimate of drug-likeness (QED) is 0.377. The maximum Gasteiger partial charge on any atom is 0.338 e. The first-order chi connectivity index (χ1) is 15.3. The highest BCUT2D eigenvalue weighted by molar-refractivity contribution is 7.80. The van der Waals surface area contributed by atoms with Gasteiger partial charge >= 0.3 is 5.97 Å². The topological polar surface area (TPSA) is 79.9 Å². The van der Waals surface area contributed by atoms with E-state index in [0.29, 0.717) is 28.5 Å². The number of aryl methyl sites for hydroxylation is 1. The van der Waals surface area contributed by atoms with Crippen molar-refractivity contribution >= 4 is 34.9 Å². The monoisotopic (exact) mass is 453 g/mol. The largest absolute Gasteiger partial charge is 0.460 e. The van der Waals surface area contributed by atoms with Gasteiger partial charge in [-0.3, -0.25) is 4.79 Å². The highest BCUT2D eigenvalue weighted by Crippen LogP contribution is 2.31. The number of thiocarbonyl (C=S) groups is 1. The van der Waals surface area contributed by atoms with Gasteiger partial charge in [0, 0.05) is 31.1 Å². The van der Waals surface area contributed by atoms with E-state index in [2.05, 4.69) is 10.6 Å². The van der Waals surface area contributed by atoms with Gasteiger partial charge in [-0.1, -0.05) is 30.3 Å². The molecule has 7 nitrogen and oxygen atoms in total. The Morgan fingerprint density at radius 1 is 1.09 bits per heavy atom. The Morgan fingerprint density at radius 2 is 1.78 bits per heavy atom. The number of allylic oxidation sites excluding steroid dienone is 1. The van der Waals surface area contributed by atoms with E-state index in [1.165, 1.54) is 0 Å². The molecule has 1 aliphatic rings. The zero-order valence-electron chi connectivity index (χ0n) is 18.6. The van der Waals surface area contributed by atoms with Crippen molar-refractivity contribution < 1.29 is 19.1 Å². The Balaban J connectivity index is 1.82. The third-order valence-electron chi connectivity index (χ3n) is 5.39. The number of hydrogen-bond donors (Lipinski definition) is 2. The van der Waals surface area contributed by atoms with Crippen LogP contribution in [0.15, 0.2) is 59.8 Å². The van der Waals surface area contributed by atoms with Crippen LogP contribution >= 0.6 is 12.2 Å². The second-order valence-corrected chi connectivity index (χ2v) is 7.85. The molecule has 32 heavy (non-hydrogen) atoms. The van der Waals surface area contributed by atoms with Crippen LogP contribution in [0, 0.1) is 6.92 Å². The average molecular weight is 454 g/mol. The van der Waals surface area contributed by atoms with Crippen LogP contribution in [0.1, 0.15) is 34.5 Å². The molecule has 2 N–H and O–H groups in total. The van der Waals surface area contributed by atoms with Gasteiger partial charge in [0.15, 0.2) is 5.11 Å². The molecular formula is C24H27N3O4S. The normalized spacial score (nSPS) is 15.9. The Hall–Kier alpha value is -3.23. The van der Waals surface area contributed by atoms with Crippen molar-refractivity contribution in [1.82, 2.24) is 10.2 Å². The number of carbonyl (C=O) groups is 2. The van der Waals surface area contributed by atoms with E-state index in [1.54, 1.807) is 37.3 Å². The first-order valence-electron chi connectivity index (χ1n) is 10.2. The van der Waals surface area contributed by atoms with Crippen LogP contribution in [-0.4, -0.2) is 49.3 Å². The van der Waals surface area contributed by atoms with Crippen LogP contribution in [0.5, 0.6) is 0 Å². The summed E-state index contributed by atoms with van der Waals surface area (Å²) < 4.78 is 10.3. The molecule has 0 aromatic heterocycles. The fourth-order valence-corrected chi connectivity index (χ4v) is 3.69. The fourth-order valence-electron chi connectivity index (χ4n) is 3.43. The summed E-state index contributed by atoms with van der Waals surface area (Å²) in [6.45, 7) is 4.22. The number of anilines is 1. The molecular weight excluding hydrogens is 426 g/mol. The van der Waals surface area contributed by atoms with Crippen LogP contribution in [-0.2, 0) is 14.3 Å². The van der Waals surface area contributed by atoms with Crippen LogP contribution in [0.3, 0.4) is 0 Å². The predicted molar refractivity (Wildman–Crippen MR) is 127 cm³/mol. The van der Waals surface area contributed by atoms with E-state index >= 15 is 0 Å². The van der Waals surface area contributed by atoms with Gasteiger partial charge in [0.25, 0.3) is 5.91 Å². The van der Waals surface area contributed by atoms with Crippen LogP contribution in [0.4, 0.5) is 5.69 Å². The van der Waals surface area contributed by atoms with Crippen LogP contribution in [0.25, 0.3) is 0 Å². The molecule has 1 amide bonds. The third-order valence-corrected chi connectivity index (χ3v) is 5.78. The number of benzene rings is 2. The summed E-state index contributed by atoms with van der Waals surface area (Å²) in [6, 6.07) is 14.3. The number of hydrogen-bond acceptors (Lipinski definition) is 5. The summed E-state index contributed by atoms with van der Waals surface area (Å²) in [6.07, 6.45) is 0. The number of esters is 1. The Bertz CT molecular complexity index is 1050. The first kappa shape index (κ1) is 23.4. The van der Waals surface area contributed by atoms with Crippen molar-refractivity contribution in [2.45, 2.75) is 19.9 Å². The molecule has 0 aliphatic carbocycles. The Kier molecular flexibility index (Phi) is 7.61. The SMILES string of the molecule is COCCOC(=O)C1=C(C)N(C)C(=S)NC1c1ccc(NC(=O)c2ccccc2C)cc1. The summed E-state index contributed by atoms with van der Waals surface area (Å²) >= 11 is 5.43. The van der Waals surface area contributed by atoms with E-state index in [1.807, 2.05) is 44.2 Å². The van der Waals surface area contributed by atoms with Gasteiger partial charge in [0.05, 0.1) is 18.2 Å². The lowest BCUT2D eigenvalue weighted by molar-refractivity contribution is -0.140. The number of nitrogens with one attached hydrogen (secondary N) is 2. The van der Waals surface area contributed by atoms with E-state index in [9.17, 15) is 9.59 Å². The molecule has 0 radical (unpaired) electrons. The summed E-state index contributed by atoms with van der Waals surface area (Å²) in [5.41, 5.74) is 4.21. The number of rotatable bonds is 7. The minimum atomic E-state index is -0.463. The Labute approximate surface area is 193 Å². The average Bonchev–Trinajstić information content (AvgIpc) is 2.78. The lowest BCUT2D eigenvalue weighted by Crippen LogP contribution is -2.46. The van der Waals surface area contributed by atoms with E-state index < -0.39 is 12.0 Å². The van der Waals surface area contributed by atoms with Gasteiger partial charge in [-0.2, -0.15) is 0 Å². The fraction of sp³-hybridized carbons (Fsp3) is 0.292. The number of amides is 1.